The molecule has 0 aromatic heterocycles. The molecule has 2 aromatic rings. The average molecular weight is 274 g/mol. The second-order valence-corrected chi connectivity index (χ2v) is 4.37. The number of carbonyl (C=O) groups is 1. The highest BCUT2D eigenvalue weighted by Crippen LogP contribution is 2.27. The monoisotopic (exact) mass is 273 g/mol. The summed E-state index contributed by atoms with van der Waals surface area (Å²) in [6, 6.07) is 14.0. The van der Waals surface area contributed by atoms with Gasteiger partial charge in [0.25, 0.3) is 0 Å². The summed E-state index contributed by atoms with van der Waals surface area (Å²) in [6.07, 6.45) is 0. The molecule has 1 unspecified atom stereocenters. The standard InChI is InChI=1S/C15H9ClFNO/c16-14-8-11(17)6-7-12(14)13(9-18)15(19)10-4-2-1-3-5-10/h1-8,13H. The molecular formula is C15H9ClFNO. The molecule has 2 aromatic carbocycles. The van der Waals surface area contributed by atoms with Crippen molar-refractivity contribution in [1.29, 1.82) is 5.26 Å². The molecule has 0 saturated carbocycles. The van der Waals surface area contributed by atoms with Gasteiger partial charge in [0, 0.05) is 10.6 Å². The Bertz CT molecular complexity index is 649. The Morgan fingerprint density at radius 1 is 1.21 bits per heavy atom. The van der Waals surface area contributed by atoms with Gasteiger partial charge in [0.05, 0.1) is 6.07 Å². The highest BCUT2D eigenvalue weighted by atomic mass is 35.5. The van der Waals surface area contributed by atoms with E-state index in [0.717, 1.165) is 6.07 Å². The number of Topliss-reactive ketones (excluding diaryl/α,β-unsaturated/α-hetero) is 1. The van der Waals surface area contributed by atoms with Gasteiger partial charge in [-0.2, -0.15) is 5.26 Å². The summed E-state index contributed by atoms with van der Waals surface area (Å²) in [4.78, 5) is 12.2. The van der Waals surface area contributed by atoms with E-state index in [-0.39, 0.29) is 10.8 Å². The molecule has 0 fully saturated rings. The van der Waals surface area contributed by atoms with Crippen molar-refractivity contribution in [3.05, 3.63) is 70.5 Å². The zero-order valence-electron chi connectivity index (χ0n) is 9.81. The van der Waals surface area contributed by atoms with Crippen molar-refractivity contribution in [2.75, 3.05) is 0 Å². The normalized spacial score (nSPS) is 11.6. The van der Waals surface area contributed by atoms with E-state index < -0.39 is 11.7 Å². The molecule has 4 heteroatoms. The van der Waals surface area contributed by atoms with E-state index in [1.165, 1.54) is 12.1 Å². The lowest BCUT2D eigenvalue weighted by Crippen LogP contribution is -2.11. The van der Waals surface area contributed by atoms with Crippen LogP contribution < -0.4 is 0 Å². The van der Waals surface area contributed by atoms with Gasteiger partial charge in [-0.05, 0) is 17.7 Å². The molecular weight excluding hydrogens is 265 g/mol. The summed E-state index contributed by atoms with van der Waals surface area (Å²) in [7, 11) is 0. The van der Waals surface area contributed by atoms with Crippen LogP contribution in [0.3, 0.4) is 0 Å². The van der Waals surface area contributed by atoms with Crippen molar-refractivity contribution in [2.45, 2.75) is 5.92 Å². The first-order valence-corrected chi connectivity index (χ1v) is 5.95. The number of nitriles is 1. The Hall–Kier alpha value is -2.18. The fraction of sp³-hybridized carbons (Fsp3) is 0.0667. The van der Waals surface area contributed by atoms with E-state index in [4.69, 9.17) is 11.6 Å². The fourth-order valence-corrected chi connectivity index (χ4v) is 2.05. The number of ketones is 1. The number of rotatable bonds is 3. The van der Waals surface area contributed by atoms with Gasteiger partial charge in [0.2, 0.25) is 0 Å². The van der Waals surface area contributed by atoms with E-state index in [2.05, 4.69) is 0 Å². The van der Waals surface area contributed by atoms with Crippen molar-refractivity contribution in [2.24, 2.45) is 0 Å². The van der Waals surface area contributed by atoms with E-state index in [0.29, 0.717) is 11.1 Å². The number of hydrogen-bond acceptors (Lipinski definition) is 2. The number of carbonyl (C=O) groups excluding carboxylic acids is 1. The van der Waals surface area contributed by atoms with Gasteiger partial charge in [0.15, 0.2) is 5.78 Å². The number of nitrogens with zero attached hydrogens (tertiary/aromatic N) is 1. The summed E-state index contributed by atoms with van der Waals surface area (Å²) in [6.45, 7) is 0. The lowest BCUT2D eigenvalue weighted by molar-refractivity contribution is 0.0979. The third kappa shape index (κ3) is 2.81. The smallest absolute Gasteiger partial charge is 0.184 e. The summed E-state index contributed by atoms with van der Waals surface area (Å²) in [5, 5.41) is 9.26. The summed E-state index contributed by atoms with van der Waals surface area (Å²) in [5.41, 5.74) is 0.744. The Labute approximate surface area is 115 Å². The first-order valence-electron chi connectivity index (χ1n) is 5.57. The van der Waals surface area contributed by atoms with Gasteiger partial charge in [-0.3, -0.25) is 4.79 Å². The van der Waals surface area contributed by atoms with Crippen LogP contribution in [-0.2, 0) is 0 Å². The van der Waals surface area contributed by atoms with Crippen molar-refractivity contribution >= 4 is 17.4 Å². The molecule has 94 valence electrons. The van der Waals surface area contributed by atoms with Crippen LogP contribution in [0.5, 0.6) is 0 Å². The van der Waals surface area contributed by atoms with E-state index >= 15 is 0 Å². The van der Waals surface area contributed by atoms with Gasteiger partial charge >= 0.3 is 0 Å². The maximum absolute atomic E-state index is 13.0. The van der Waals surface area contributed by atoms with Crippen molar-refractivity contribution in [1.82, 2.24) is 0 Å². The SMILES string of the molecule is N#CC(C(=O)c1ccccc1)c1ccc(F)cc1Cl. The van der Waals surface area contributed by atoms with Crippen LogP contribution in [0.1, 0.15) is 21.8 Å². The van der Waals surface area contributed by atoms with E-state index in [9.17, 15) is 14.4 Å². The van der Waals surface area contributed by atoms with E-state index in [1.807, 2.05) is 6.07 Å². The second kappa shape index (κ2) is 5.64. The molecule has 0 aliphatic rings. The Morgan fingerprint density at radius 3 is 2.47 bits per heavy atom. The Balaban J connectivity index is 2.41. The van der Waals surface area contributed by atoms with Crippen molar-refractivity contribution < 1.29 is 9.18 Å². The maximum Gasteiger partial charge on any atom is 0.184 e. The van der Waals surface area contributed by atoms with Crippen LogP contribution >= 0.6 is 11.6 Å². The lowest BCUT2D eigenvalue weighted by Gasteiger charge is -2.10. The minimum absolute atomic E-state index is 0.0795. The summed E-state index contributed by atoms with van der Waals surface area (Å²) >= 11 is 5.89. The van der Waals surface area contributed by atoms with Crippen LogP contribution in [0.25, 0.3) is 0 Å². The Kier molecular flexibility index (Phi) is 3.94. The van der Waals surface area contributed by atoms with Crippen LogP contribution in [-0.4, -0.2) is 5.78 Å². The number of benzene rings is 2. The minimum Gasteiger partial charge on any atom is -0.292 e. The van der Waals surface area contributed by atoms with Gasteiger partial charge in [-0.25, -0.2) is 4.39 Å². The van der Waals surface area contributed by atoms with Gasteiger partial charge < -0.3 is 0 Å². The van der Waals surface area contributed by atoms with Crippen LogP contribution in [0, 0.1) is 17.1 Å². The fourth-order valence-electron chi connectivity index (χ4n) is 1.77. The first-order chi connectivity index (χ1) is 9.13. The molecule has 0 aliphatic carbocycles. The minimum atomic E-state index is -1.03. The molecule has 0 N–H and O–H groups in total. The highest BCUT2D eigenvalue weighted by Gasteiger charge is 2.23. The number of hydrogen-bond donors (Lipinski definition) is 0. The molecule has 2 rings (SSSR count). The van der Waals surface area contributed by atoms with Crippen molar-refractivity contribution in [3.8, 4) is 6.07 Å². The first kappa shape index (κ1) is 13.3. The van der Waals surface area contributed by atoms with Crippen molar-refractivity contribution in [3.63, 3.8) is 0 Å². The zero-order chi connectivity index (χ0) is 13.8. The summed E-state index contributed by atoms with van der Waals surface area (Å²) in [5.74, 6) is -1.88. The molecule has 1 atom stereocenters. The van der Waals surface area contributed by atoms with Gasteiger partial charge in [-0.1, -0.05) is 48.0 Å². The molecule has 19 heavy (non-hydrogen) atoms. The molecule has 2 nitrogen and oxygen atoms in total. The third-order valence-electron chi connectivity index (χ3n) is 2.72. The van der Waals surface area contributed by atoms with Crippen LogP contribution in [0.2, 0.25) is 5.02 Å². The van der Waals surface area contributed by atoms with Crippen LogP contribution in [0.15, 0.2) is 48.5 Å². The molecule has 0 amide bonds. The largest absolute Gasteiger partial charge is 0.292 e. The molecule has 0 radical (unpaired) electrons. The maximum atomic E-state index is 13.0. The van der Waals surface area contributed by atoms with Gasteiger partial charge in [0.1, 0.15) is 11.7 Å². The number of halogens is 2. The topological polar surface area (TPSA) is 40.9 Å². The second-order valence-electron chi connectivity index (χ2n) is 3.96. The predicted molar refractivity (Wildman–Crippen MR) is 70.5 cm³/mol. The average Bonchev–Trinajstić information content (AvgIpc) is 2.42. The molecule has 0 saturated heterocycles. The Morgan fingerprint density at radius 2 is 1.89 bits per heavy atom. The lowest BCUT2D eigenvalue weighted by atomic mass is 9.92. The quantitative estimate of drug-likeness (QED) is 0.794. The molecule has 0 bridgehead atoms. The van der Waals surface area contributed by atoms with E-state index in [1.54, 1.807) is 30.3 Å². The predicted octanol–water partition coefficient (Wildman–Crippen LogP) is 3.97. The third-order valence-corrected chi connectivity index (χ3v) is 3.05. The molecule has 0 aliphatic heterocycles. The molecule has 0 spiro atoms. The highest BCUT2D eigenvalue weighted by molar-refractivity contribution is 6.31. The zero-order valence-corrected chi connectivity index (χ0v) is 10.6. The van der Waals surface area contributed by atoms with Crippen LogP contribution in [0.4, 0.5) is 4.39 Å². The summed E-state index contributed by atoms with van der Waals surface area (Å²) < 4.78 is 13.0. The van der Waals surface area contributed by atoms with Gasteiger partial charge in [-0.15, -0.1) is 0 Å². The molecule has 0 heterocycles.